The van der Waals surface area contributed by atoms with Gasteiger partial charge in [0.2, 0.25) is 0 Å². The molecule has 2 aromatic carbocycles. The summed E-state index contributed by atoms with van der Waals surface area (Å²) >= 11 is 0. The maximum absolute atomic E-state index is 14.5. The molecular weight excluding hydrogens is 351 g/mol. The summed E-state index contributed by atoms with van der Waals surface area (Å²) in [7, 11) is 0. The van der Waals surface area contributed by atoms with Gasteiger partial charge in [0.05, 0.1) is 17.0 Å². The van der Waals surface area contributed by atoms with Gasteiger partial charge in [0.1, 0.15) is 18.8 Å². The van der Waals surface area contributed by atoms with E-state index in [0.29, 0.717) is 5.56 Å². The summed E-state index contributed by atoms with van der Waals surface area (Å²) in [6.07, 6.45) is -4.62. The normalized spacial score (nSPS) is 24.4. The Kier molecular flexibility index (Phi) is 5.66. The highest BCUT2D eigenvalue weighted by Gasteiger charge is 2.49. The largest absolute Gasteiger partial charge is 0.461 e. The van der Waals surface area contributed by atoms with Gasteiger partial charge in [0.25, 0.3) is 0 Å². The molecule has 27 heavy (non-hydrogen) atoms. The number of rotatable bonds is 5. The van der Waals surface area contributed by atoms with Crippen LogP contribution in [0.1, 0.15) is 20.7 Å². The van der Waals surface area contributed by atoms with Crippen LogP contribution in [-0.4, -0.2) is 42.0 Å². The molecule has 140 valence electrons. The Balaban J connectivity index is 1.70. The lowest BCUT2D eigenvalue weighted by Gasteiger charge is -2.21. The standard InChI is InChI=1S/C21H19FO5/c1-13-16(12-26-20(24)14-8-4-2-5-9-14)19(17(22)18(13)23)27-21(25)15-10-6-3-7-11-15/h2-11,16-19,23H,1,12H2/t16-,17?,18-,19?/m0/s1. The Hall–Kier alpha value is -2.99. The minimum Gasteiger partial charge on any atom is -0.461 e. The number of ether oxygens (including phenoxy) is 2. The monoisotopic (exact) mass is 370 g/mol. The van der Waals surface area contributed by atoms with E-state index in [1.54, 1.807) is 60.7 Å². The predicted molar refractivity (Wildman–Crippen MR) is 95.9 cm³/mol. The smallest absolute Gasteiger partial charge is 0.338 e. The SMILES string of the molecule is C=C1[C@H](O)C(F)C(OC(=O)c2ccccc2)[C@H]1COC(=O)c1ccccc1. The van der Waals surface area contributed by atoms with E-state index in [-0.39, 0.29) is 17.7 Å². The number of aliphatic hydroxyl groups is 1. The molecule has 1 aliphatic carbocycles. The van der Waals surface area contributed by atoms with E-state index in [2.05, 4.69) is 6.58 Å². The third kappa shape index (κ3) is 4.06. The van der Waals surface area contributed by atoms with Crippen molar-refractivity contribution in [3.63, 3.8) is 0 Å². The van der Waals surface area contributed by atoms with Gasteiger partial charge in [0, 0.05) is 0 Å². The van der Waals surface area contributed by atoms with Crippen LogP contribution in [0.2, 0.25) is 0 Å². The molecule has 2 aromatic rings. The van der Waals surface area contributed by atoms with E-state index in [4.69, 9.17) is 9.47 Å². The number of carbonyl (C=O) groups excluding carboxylic acids is 2. The third-order valence-corrected chi connectivity index (χ3v) is 4.52. The van der Waals surface area contributed by atoms with Crippen molar-refractivity contribution in [2.24, 2.45) is 5.92 Å². The first-order valence-electron chi connectivity index (χ1n) is 8.48. The summed E-state index contributed by atoms with van der Waals surface area (Å²) < 4.78 is 25.0. The van der Waals surface area contributed by atoms with Crippen molar-refractivity contribution in [1.29, 1.82) is 0 Å². The third-order valence-electron chi connectivity index (χ3n) is 4.52. The van der Waals surface area contributed by atoms with Crippen LogP contribution < -0.4 is 0 Å². The van der Waals surface area contributed by atoms with E-state index in [0.717, 1.165) is 0 Å². The van der Waals surface area contributed by atoms with Gasteiger partial charge in [-0.05, 0) is 29.8 Å². The zero-order valence-corrected chi connectivity index (χ0v) is 14.5. The molecule has 4 atom stereocenters. The number of alkyl halides is 1. The quantitative estimate of drug-likeness (QED) is 0.647. The summed E-state index contributed by atoms with van der Waals surface area (Å²) in [6, 6.07) is 16.5. The zero-order chi connectivity index (χ0) is 19.4. The van der Waals surface area contributed by atoms with Crippen LogP contribution in [0.15, 0.2) is 72.8 Å². The highest BCUT2D eigenvalue weighted by molar-refractivity contribution is 5.90. The molecule has 1 N–H and O–H groups in total. The molecule has 0 radical (unpaired) electrons. The van der Waals surface area contributed by atoms with Crippen LogP contribution in [0.5, 0.6) is 0 Å². The molecule has 6 heteroatoms. The summed E-state index contributed by atoms with van der Waals surface area (Å²) in [5.74, 6) is -2.15. The minimum atomic E-state index is -1.84. The van der Waals surface area contributed by atoms with Crippen molar-refractivity contribution in [3.05, 3.63) is 83.9 Å². The van der Waals surface area contributed by atoms with Crippen LogP contribution in [0.3, 0.4) is 0 Å². The van der Waals surface area contributed by atoms with Gasteiger partial charge in [-0.1, -0.05) is 43.0 Å². The molecule has 0 saturated heterocycles. The summed E-state index contributed by atoms with van der Waals surface area (Å²) in [5.41, 5.74) is 0.738. The predicted octanol–water partition coefficient (Wildman–Crippen LogP) is 2.95. The first-order valence-corrected chi connectivity index (χ1v) is 8.48. The van der Waals surface area contributed by atoms with E-state index in [1.807, 2.05) is 0 Å². The molecule has 0 aliphatic heterocycles. The fourth-order valence-corrected chi connectivity index (χ4v) is 2.97. The number of carbonyl (C=O) groups is 2. The average Bonchev–Trinajstić information content (AvgIpc) is 2.91. The number of esters is 2. The molecule has 0 aromatic heterocycles. The Morgan fingerprint density at radius 1 is 0.963 bits per heavy atom. The molecule has 0 spiro atoms. The van der Waals surface area contributed by atoms with Gasteiger partial charge in [0.15, 0.2) is 6.17 Å². The van der Waals surface area contributed by atoms with Crippen LogP contribution >= 0.6 is 0 Å². The number of aliphatic hydroxyl groups excluding tert-OH is 1. The van der Waals surface area contributed by atoms with Gasteiger partial charge in [-0.25, -0.2) is 14.0 Å². The van der Waals surface area contributed by atoms with Gasteiger partial charge < -0.3 is 14.6 Å². The van der Waals surface area contributed by atoms with E-state index < -0.39 is 36.2 Å². The Labute approximate surface area is 156 Å². The second-order valence-electron chi connectivity index (χ2n) is 6.27. The molecule has 0 bridgehead atoms. The lowest BCUT2D eigenvalue weighted by Crippen LogP contribution is -2.34. The highest BCUT2D eigenvalue weighted by atomic mass is 19.1. The zero-order valence-electron chi connectivity index (χ0n) is 14.5. The van der Waals surface area contributed by atoms with Crippen LogP contribution in [-0.2, 0) is 9.47 Å². The van der Waals surface area contributed by atoms with Crippen LogP contribution in [0.25, 0.3) is 0 Å². The van der Waals surface area contributed by atoms with Crippen LogP contribution in [0, 0.1) is 5.92 Å². The first-order chi connectivity index (χ1) is 13.0. The van der Waals surface area contributed by atoms with Crippen molar-refractivity contribution in [2.45, 2.75) is 18.4 Å². The van der Waals surface area contributed by atoms with Crippen molar-refractivity contribution in [3.8, 4) is 0 Å². The summed E-state index contributed by atoms with van der Waals surface area (Å²) in [5, 5.41) is 9.97. The van der Waals surface area contributed by atoms with Crippen molar-refractivity contribution in [2.75, 3.05) is 6.61 Å². The Morgan fingerprint density at radius 2 is 1.48 bits per heavy atom. The number of hydrogen-bond acceptors (Lipinski definition) is 5. The van der Waals surface area contributed by atoms with Crippen LogP contribution in [0.4, 0.5) is 4.39 Å². The second-order valence-corrected chi connectivity index (χ2v) is 6.27. The van der Waals surface area contributed by atoms with Gasteiger partial charge in [-0.3, -0.25) is 0 Å². The topological polar surface area (TPSA) is 72.8 Å². The van der Waals surface area contributed by atoms with Crippen molar-refractivity contribution >= 4 is 11.9 Å². The number of benzene rings is 2. The summed E-state index contributed by atoms with van der Waals surface area (Å²) in [6.45, 7) is 3.42. The van der Waals surface area contributed by atoms with Gasteiger partial charge in [-0.2, -0.15) is 0 Å². The second kappa shape index (κ2) is 8.14. The lowest BCUT2D eigenvalue weighted by atomic mass is 10.0. The number of halogens is 1. The van der Waals surface area contributed by atoms with Crippen molar-refractivity contribution < 1.29 is 28.6 Å². The summed E-state index contributed by atoms with van der Waals surface area (Å²) in [4.78, 5) is 24.4. The average molecular weight is 370 g/mol. The molecule has 0 amide bonds. The highest BCUT2D eigenvalue weighted by Crippen LogP contribution is 2.36. The van der Waals surface area contributed by atoms with Crippen molar-refractivity contribution in [1.82, 2.24) is 0 Å². The fraction of sp³-hybridized carbons (Fsp3) is 0.238. The molecule has 1 aliphatic rings. The molecule has 2 unspecified atom stereocenters. The Bertz CT molecular complexity index is 821. The van der Waals surface area contributed by atoms with Gasteiger partial charge in [-0.15, -0.1) is 0 Å². The Morgan fingerprint density at radius 3 is 2.04 bits per heavy atom. The molecule has 1 fully saturated rings. The van der Waals surface area contributed by atoms with Gasteiger partial charge >= 0.3 is 11.9 Å². The number of hydrogen-bond donors (Lipinski definition) is 1. The maximum Gasteiger partial charge on any atom is 0.338 e. The maximum atomic E-state index is 14.5. The van der Waals surface area contributed by atoms with E-state index in [1.165, 1.54) is 0 Å². The minimum absolute atomic E-state index is 0.134. The molecule has 3 rings (SSSR count). The van der Waals surface area contributed by atoms with E-state index >= 15 is 0 Å². The molecule has 0 heterocycles. The molecule has 5 nitrogen and oxygen atoms in total. The van der Waals surface area contributed by atoms with E-state index in [9.17, 15) is 19.1 Å². The first kappa shape index (κ1) is 18.8. The fourth-order valence-electron chi connectivity index (χ4n) is 2.97. The molecular formula is C21H19FO5. The lowest BCUT2D eigenvalue weighted by molar-refractivity contribution is -0.0210. The molecule has 1 saturated carbocycles.